The van der Waals surface area contributed by atoms with E-state index in [1.165, 1.54) is 4.88 Å². The summed E-state index contributed by atoms with van der Waals surface area (Å²) in [7, 11) is -1.24. The molecule has 1 aromatic heterocycles. The van der Waals surface area contributed by atoms with Crippen molar-refractivity contribution in [2.75, 3.05) is 31.6 Å². The lowest BCUT2D eigenvalue weighted by atomic mass is 10.1. The van der Waals surface area contributed by atoms with Crippen LogP contribution in [0.2, 0.25) is 0 Å². The Morgan fingerprint density at radius 1 is 1.43 bits per heavy atom. The fourth-order valence-corrected chi connectivity index (χ4v) is 3.38. The van der Waals surface area contributed by atoms with Gasteiger partial charge in [0.25, 0.3) is 0 Å². The van der Waals surface area contributed by atoms with Crippen molar-refractivity contribution in [3.05, 3.63) is 22.4 Å². The number of sulfone groups is 1. The van der Waals surface area contributed by atoms with Gasteiger partial charge in [0, 0.05) is 30.8 Å². The van der Waals surface area contributed by atoms with Crippen LogP contribution in [0.25, 0.3) is 0 Å². The minimum Gasteiger partial charge on any atom is -0.356 e. The molecule has 1 heterocycles. The summed E-state index contributed by atoms with van der Waals surface area (Å²) in [5.41, 5.74) is 0. The molecule has 1 atom stereocenters. The molecule has 0 aliphatic rings. The smallest absolute Gasteiger partial charge is 0.191 e. The maximum absolute atomic E-state index is 11.4. The predicted molar refractivity (Wildman–Crippen MR) is 90.9 cm³/mol. The van der Waals surface area contributed by atoms with E-state index in [0.29, 0.717) is 18.4 Å². The third-order valence-corrected chi connectivity index (χ3v) is 5.72. The molecule has 21 heavy (non-hydrogen) atoms. The van der Waals surface area contributed by atoms with Crippen molar-refractivity contribution in [2.24, 2.45) is 10.9 Å². The van der Waals surface area contributed by atoms with E-state index in [1.807, 2.05) is 0 Å². The first-order valence-electron chi connectivity index (χ1n) is 7.14. The molecule has 0 radical (unpaired) electrons. The molecule has 7 heteroatoms. The van der Waals surface area contributed by atoms with E-state index in [-0.39, 0.29) is 11.5 Å². The van der Waals surface area contributed by atoms with Crippen LogP contribution in [0.3, 0.4) is 0 Å². The van der Waals surface area contributed by atoms with Crippen LogP contribution in [0, 0.1) is 5.92 Å². The van der Waals surface area contributed by atoms with Gasteiger partial charge < -0.3 is 10.6 Å². The Morgan fingerprint density at radius 2 is 2.19 bits per heavy atom. The van der Waals surface area contributed by atoms with Crippen LogP contribution in [0.1, 0.15) is 18.7 Å². The van der Waals surface area contributed by atoms with Crippen molar-refractivity contribution < 1.29 is 8.42 Å². The van der Waals surface area contributed by atoms with Crippen molar-refractivity contribution in [3.8, 4) is 0 Å². The average Bonchev–Trinajstić information content (AvgIpc) is 2.95. The monoisotopic (exact) mass is 331 g/mol. The van der Waals surface area contributed by atoms with E-state index in [9.17, 15) is 8.42 Å². The second kappa shape index (κ2) is 9.04. The molecule has 1 rings (SSSR count). The maximum atomic E-state index is 11.4. The summed E-state index contributed by atoms with van der Waals surface area (Å²) in [6.45, 7) is 5.03. The Hall–Kier alpha value is -1.08. The number of rotatable bonds is 8. The van der Waals surface area contributed by atoms with Gasteiger partial charge in [0.05, 0.1) is 5.75 Å². The van der Waals surface area contributed by atoms with Crippen molar-refractivity contribution in [1.82, 2.24) is 10.6 Å². The largest absolute Gasteiger partial charge is 0.356 e. The molecule has 5 nitrogen and oxygen atoms in total. The quantitative estimate of drug-likeness (QED) is 0.560. The molecule has 2 N–H and O–H groups in total. The van der Waals surface area contributed by atoms with Gasteiger partial charge in [0.2, 0.25) is 0 Å². The van der Waals surface area contributed by atoms with E-state index < -0.39 is 9.84 Å². The Balaban J connectivity index is 2.28. The molecule has 0 aromatic carbocycles. The summed E-state index contributed by atoms with van der Waals surface area (Å²) in [6.07, 6.45) is 1.03. The molecule has 1 unspecified atom stereocenters. The molecule has 120 valence electrons. The highest BCUT2D eigenvalue weighted by molar-refractivity contribution is 7.91. The van der Waals surface area contributed by atoms with Gasteiger partial charge in [0.1, 0.15) is 0 Å². The van der Waals surface area contributed by atoms with Crippen molar-refractivity contribution >= 4 is 27.1 Å². The average molecular weight is 332 g/mol. The Labute approximate surface area is 131 Å². The molecule has 1 aromatic rings. The van der Waals surface area contributed by atoms with Crippen LogP contribution in [0.5, 0.6) is 0 Å². The van der Waals surface area contributed by atoms with Crippen LogP contribution in [-0.4, -0.2) is 46.0 Å². The first-order chi connectivity index (χ1) is 9.96. The van der Waals surface area contributed by atoms with Crippen LogP contribution in [0.4, 0.5) is 0 Å². The summed E-state index contributed by atoms with van der Waals surface area (Å²) in [4.78, 5) is 5.48. The number of nitrogens with one attached hydrogen (secondary N) is 2. The van der Waals surface area contributed by atoms with E-state index >= 15 is 0 Å². The van der Waals surface area contributed by atoms with Gasteiger partial charge in [-0.15, -0.1) is 11.3 Å². The first kappa shape index (κ1) is 18.0. The van der Waals surface area contributed by atoms with Gasteiger partial charge >= 0.3 is 0 Å². The zero-order valence-corrected chi connectivity index (χ0v) is 14.6. The van der Waals surface area contributed by atoms with E-state index in [1.54, 1.807) is 25.3 Å². The highest BCUT2D eigenvalue weighted by Gasteiger charge is 2.09. The topological polar surface area (TPSA) is 70.6 Å². The molecule has 0 bridgehead atoms. The van der Waals surface area contributed by atoms with Crippen LogP contribution in [-0.2, 0) is 16.3 Å². The third-order valence-electron chi connectivity index (χ3n) is 3.12. The Bertz CT molecular complexity index is 524. The van der Waals surface area contributed by atoms with Gasteiger partial charge in [-0.3, -0.25) is 4.99 Å². The SMILES string of the molecule is CCS(=O)(=O)CCNC(=NC)NCC(C)Cc1cccs1. The van der Waals surface area contributed by atoms with Gasteiger partial charge in [-0.05, 0) is 23.8 Å². The van der Waals surface area contributed by atoms with Crippen molar-refractivity contribution in [2.45, 2.75) is 20.3 Å². The molecule has 0 saturated heterocycles. The fourth-order valence-electron chi connectivity index (χ4n) is 1.81. The van der Waals surface area contributed by atoms with Crippen molar-refractivity contribution in [1.29, 1.82) is 0 Å². The lowest BCUT2D eigenvalue weighted by molar-refractivity contribution is 0.562. The number of aliphatic imine (C=N–C) groups is 1. The first-order valence-corrected chi connectivity index (χ1v) is 9.84. The van der Waals surface area contributed by atoms with Gasteiger partial charge in [0.15, 0.2) is 15.8 Å². The normalized spacial score (nSPS) is 14.0. The Morgan fingerprint density at radius 3 is 2.76 bits per heavy atom. The summed E-state index contributed by atoms with van der Waals surface area (Å²) >= 11 is 1.77. The fraction of sp³-hybridized carbons (Fsp3) is 0.643. The van der Waals surface area contributed by atoms with Crippen molar-refractivity contribution in [3.63, 3.8) is 0 Å². The van der Waals surface area contributed by atoms with E-state index in [4.69, 9.17) is 0 Å². The van der Waals surface area contributed by atoms with Gasteiger partial charge in [-0.25, -0.2) is 8.42 Å². The van der Waals surface area contributed by atoms with Gasteiger partial charge in [-0.2, -0.15) is 0 Å². The molecule has 0 aliphatic carbocycles. The van der Waals surface area contributed by atoms with Crippen LogP contribution >= 0.6 is 11.3 Å². The molecule has 0 saturated carbocycles. The number of hydrogen-bond donors (Lipinski definition) is 2. The molecule has 0 spiro atoms. The number of thiophene rings is 1. The minimum atomic E-state index is -2.93. The maximum Gasteiger partial charge on any atom is 0.191 e. The second-order valence-corrected chi connectivity index (χ2v) is 8.51. The minimum absolute atomic E-state index is 0.134. The lowest BCUT2D eigenvalue weighted by Gasteiger charge is -2.15. The van der Waals surface area contributed by atoms with Crippen LogP contribution in [0.15, 0.2) is 22.5 Å². The molecular formula is C14H25N3O2S2. The second-order valence-electron chi connectivity index (χ2n) is 5.00. The zero-order valence-electron chi connectivity index (χ0n) is 12.9. The lowest BCUT2D eigenvalue weighted by Crippen LogP contribution is -2.41. The van der Waals surface area contributed by atoms with Gasteiger partial charge in [-0.1, -0.05) is 19.9 Å². The summed E-state index contributed by atoms with van der Waals surface area (Å²) in [5.74, 6) is 1.45. The number of nitrogens with zero attached hydrogens (tertiary/aromatic N) is 1. The molecular weight excluding hydrogens is 306 g/mol. The third kappa shape index (κ3) is 7.47. The summed E-state index contributed by atoms with van der Waals surface area (Å²) in [6, 6.07) is 4.21. The Kier molecular flexibility index (Phi) is 7.74. The molecule has 0 fully saturated rings. The van der Waals surface area contributed by atoms with E-state index in [2.05, 4.69) is 40.1 Å². The number of guanidine groups is 1. The predicted octanol–water partition coefficient (Wildman–Crippen LogP) is 1.53. The highest BCUT2D eigenvalue weighted by atomic mass is 32.2. The summed E-state index contributed by atoms with van der Waals surface area (Å²) in [5, 5.41) is 8.36. The van der Waals surface area contributed by atoms with E-state index in [0.717, 1.165) is 13.0 Å². The molecule has 0 amide bonds. The standard InChI is InChI=1S/C14H25N3O2S2/c1-4-21(18,19)9-7-16-14(15-3)17-11-12(2)10-13-6-5-8-20-13/h5-6,8,12H,4,7,9-11H2,1-3H3,(H2,15,16,17). The van der Waals surface area contributed by atoms with Crippen LogP contribution < -0.4 is 10.6 Å². The highest BCUT2D eigenvalue weighted by Crippen LogP contribution is 2.13. The summed E-state index contributed by atoms with van der Waals surface area (Å²) < 4.78 is 22.8. The molecule has 0 aliphatic heterocycles. The number of hydrogen-bond acceptors (Lipinski definition) is 4. The zero-order chi connectivity index (χ0) is 15.7.